The van der Waals surface area contributed by atoms with E-state index in [0.717, 1.165) is 19.6 Å². The number of anilines is 1. The minimum Gasteiger partial charge on any atom is -0.459 e. The molecular formula is C27H31N5O3. The first kappa shape index (κ1) is 23.2. The standard InChI is InChI=1S/C27H31N5O3/c28-17-23-27(35-26(30-23)24-9-6-16-34-24)32-14-10-20(11-15-32)25(33)29-18-21-7-2-3-8-22(21)19-31-12-4-1-5-13-31/h2-3,6-9,16,20H,1,4-5,10-15,18-19H2,(H,29,33). The highest BCUT2D eigenvalue weighted by Crippen LogP contribution is 2.31. The van der Waals surface area contributed by atoms with Crippen LogP contribution in [-0.4, -0.2) is 42.0 Å². The molecule has 0 atom stereocenters. The number of benzene rings is 1. The number of carbonyl (C=O) groups is 1. The van der Waals surface area contributed by atoms with Gasteiger partial charge in [0.05, 0.1) is 6.26 Å². The van der Waals surface area contributed by atoms with E-state index in [9.17, 15) is 10.1 Å². The Labute approximate surface area is 205 Å². The second-order valence-electron chi connectivity index (χ2n) is 9.35. The van der Waals surface area contributed by atoms with Gasteiger partial charge in [-0.3, -0.25) is 9.69 Å². The van der Waals surface area contributed by atoms with E-state index < -0.39 is 0 Å². The summed E-state index contributed by atoms with van der Waals surface area (Å²) in [5.74, 6) is 1.27. The fourth-order valence-electron chi connectivity index (χ4n) is 5.02. The molecule has 2 aromatic heterocycles. The summed E-state index contributed by atoms with van der Waals surface area (Å²) >= 11 is 0. The highest BCUT2D eigenvalue weighted by atomic mass is 16.4. The number of amides is 1. The van der Waals surface area contributed by atoms with Crippen LogP contribution in [0.3, 0.4) is 0 Å². The zero-order valence-electron chi connectivity index (χ0n) is 19.9. The maximum Gasteiger partial charge on any atom is 0.266 e. The van der Waals surface area contributed by atoms with Crippen molar-refractivity contribution in [2.24, 2.45) is 5.92 Å². The number of furan rings is 1. The van der Waals surface area contributed by atoms with E-state index in [1.54, 1.807) is 18.4 Å². The molecule has 0 saturated carbocycles. The van der Waals surface area contributed by atoms with E-state index in [1.807, 2.05) is 11.0 Å². The van der Waals surface area contributed by atoms with Crippen LogP contribution in [-0.2, 0) is 17.9 Å². The lowest BCUT2D eigenvalue weighted by Gasteiger charge is -2.31. The first-order chi connectivity index (χ1) is 17.2. The van der Waals surface area contributed by atoms with E-state index in [1.165, 1.54) is 30.4 Å². The minimum absolute atomic E-state index is 0.0569. The predicted molar refractivity (Wildman–Crippen MR) is 131 cm³/mol. The molecule has 3 aromatic rings. The number of nitrogens with zero attached hydrogens (tertiary/aromatic N) is 4. The number of piperidine rings is 2. The van der Waals surface area contributed by atoms with E-state index in [4.69, 9.17) is 8.83 Å². The second kappa shape index (κ2) is 10.8. The van der Waals surface area contributed by atoms with Crippen molar-refractivity contribution < 1.29 is 13.6 Å². The smallest absolute Gasteiger partial charge is 0.266 e. The Morgan fingerprint density at radius 1 is 1.06 bits per heavy atom. The first-order valence-electron chi connectivity index (χ1n) is 12.5. The third-order valence-electron chi connectivity index (χ3n) is 7.01. The van der Waals surface area contributed by atoms with Gasteiger partial charge in [0.2, 0.25) is 17.5 Å². The average molecular weight is 474 g/mol. The van der Waals surface area contributed by atoms with Gasteiger partial charge >= 0.3 is 0 Å². The van der Waals surface area contributed by atoms with Gasteiger partial charge in [0, 0.05) is 32.1 Å². The SMILES string of the molecule is N#Cc1nc(-c2ccco2)oc1N1CCC(C(=O)NCc2ccccc2CN2CCCCC2)CC1. The molecule has 2 fully saturated rings. The van der Waals surface area contributed by atoms with Crippen LogP contribution in [0.25, 0.3) is 11.7 Å². The molecule has 2 saturated heterocycles. The summed E-state index contributed by atoms with van der Waals surface area (Å²) in [6.07, 6.45) is 6.80. The quantitative estimate of drug-likeness (QED) is 0.545. The van der Waals surface area contributed by atoms with Crippen molar-refractivity contribution in [3.63, 3.8) is 0 Å². The normalized spacial score (nSPS) is 17.3. The van der Waals surface area contributed by atoms with Crippen LogP contribution in [0.4, 0.5) is 5.88 Å². The summed E-state index contributed by atoms with van der Waals surface area (Å²) in [7, 11) is 0. The molecule has 0 radical (unpaired) electrons. The Morgan fingerprint density at radius 2 is 1.83 bits per heavy atom. The number of nitriles is 1. The van der Waals surface area contributed by atoms with E-state index >= 15 is 0 Å². The first-order valence-corrected chi connectivity index (χ1v) is 12.5. The topological polar surface area (TPSA) is 98.5 Å². The Bertz CT molecular complexity index is 1170. The molecule has 2 aliphatic rings. The molecule has 1 aromatic carbocycles. The lowest BCUT2D eigenvalue weighted by atomic mass is 9.95. The molecule has 0 spiro atoms. The van der Waals surface area contributed by atoms with Crippen molar-refractivity contribution in [1.82, 2.24) is 15.2 Å². The monoisotopic (exact) mass is 473 g/mol. The second-order valence-corrected chi connectivity index (χ2v) is 9.35. The molecule has 182 valence electrons. The van der Waals surface area contributed by atoms with Crippen molar-refractivity contribution in [2.75, 3.05) is 31.1 Å². The van der Waals surface area contributed by atoms with Crippen molar-refractivity contribution in [3.8, 4) is 17.7 Å². The van der Waals surface area contributed by atoms with Gasteiger partial charge in [0.25, 0.3) is 5.89 Å². The third-order valence-corrected chi connectivity index (χ3v) is 7.01. The van der Waals surface area contributed by atoms with Gasteiger partial charge in [0.15, 0.2) is 5.76 Å². The van der Waals surface area contributed by atoms with Crippen LogP contribution >= 0.6 is 0 Å². The van der Waals surface area contributed by atoms with Crippen molar-refractivity contribution >= 4 is 11.8 Å². The van der Waals surface area contributed by atoms with E-state index in [-0.39, 0.29) is 17.5 Å². The summed E-state index contributed by atoms with van der Waals surface area (Å²) in [5, 5.41) is 12.7. The van der Waals surface area contributed by atoms with Gasteiger partial charge in [-0.2, -0.15) is 10.2 Å². The molecule has 0 unspecified atom stereocenters. The number of rotatable bonds is 7. The molecule has 8 heteroatoms. The number of likely N-dealkylation sites (tertiary alicyclic amines) is 1. The largest absolute Gasteiger partial charge is 0.459 e. The highest BCUT2D eigenvalue weighted by molar-refractivity contribution is 5.79. The Hall–Kier alpha value is -3.57. The van der Waals surface area contributed by atoms with Gasteiger partial charge in [-0.1, -0.05) is 30.7 Å². The Balaban J connectivity index is 1.16. The van der Waals surface area contributed by atoms with Crippen molar-refractivity contribution in [1.29, 1.82) is 5.26 Å². The number of carbonyl (C=O) groups excluding carboxylic acids is 1. The molecule has 1 N–H and O–H groups in total. The van der Waals surface area contributed by atoms with Gasteiger partial charge in [-0.25, -0.2) is 0 Å². The van der Waals surface area contributed by atoms with Crippen LogP contribution in [0.15, 0.2) is 51.5 Å². The van der Waals surface area contributed by atoms with Crippen LogP contribution < -0.4 is 10.2 Å². The summed E-state index contributed by atoms with van der Waals surface area (Å²) in [5.41, 5.74) is 2.73. The molecule has 8 nitrogen and oxygen atoms in total. The van der Waals surface area contributed by atoms with Gasteiger partial charge < -0.3 is 19.1 Å². The summed E-state index contributed by atoms with van der Waals surface area (Å²) in [4.78, 5) is 21.7. The van der Waals surface area contributed by atoms with Crippen LogP contribution in [0.2, 0.25) is 0 Å². The number of hydrogen-bond donors (Lipinski definition) is 1. The minimum atomic E-state index is -0.0569. The van der Waals surface area contributed by atoms with Gasteiger partial charge in [-0.05, 0) is 62.0 Å². The number of oxazole rings is 1. The molecule has 4 heterocycles. The molecular weight excluding hydrogens is 442 g/mol. The molecule has 0 aliphatic carbocycles. The van der Waals surface area contributed by atoms with E-state index in [2.05, 4.69) is 39.5 Å². The van der Waals surface area contributed by atoms with Gasteiger partial charge in [-0.15, -0.1) is 0 Å². The summed E-state index contributed by atoms with van der Waals surface area (Å²) in [6.45, 7) is 5.07. The van der Waals surface area contributed by atoms with E-state index in [0.29, 0.717) is 50.0 Å². The Kier molecular flexibility index (Phi) is 7.15. The summed E-state index contributed by atoms with van der Waals surface area (Å²) < 4.78 is 11.2. The fraction of sp³-hybridized carbons (Fsp3) is 0.444. The number of hydrogen-bond acceptors (Lipinski definition) is 7. The van der Waals surface area contributed by atoms with Crippen LogP contribution in [0, 0.1) is 17.2 Å². The number of aromatic nitrogens is 1. The van der Waals surface area contributed by atoms with Gasteiger partial charge in [0.1, 0.15) is 6.07 Å². The van der Waals surface area contributed by atoms with Crippen LogP contribution in [0.5, 0.6) is 0 Å². The lowest BCUT2D eigenvalue weighted by molar-refractivity contribution is -0.125. The fourth-order valence-corrected chi connectivity index (χ4v) is 5.02. The van der Waals surface area contributed by atoms with Crippen molar-refractivity contribution in [2.45, 2.75) is 45.2 Å². The highest BCUT2D eigenvalue weighted by Gasteiger charge is 2.29. The maximum atomic E-state index is 13.0. The summed E-state index contributed by atoms with van der Waals surface area (Å²) in [6, 6.07) is 14.0. The maximum absolute atomic E-state index is 13.0. The molecule has 1 amide bonds. The molecule has 2 aliphatic heterocycles. The molecule has 0 bridgehead atoms. The average Bonchev–Trinajstić information content (AvgIpc) is 3.59. The molecule has 35 heavy (non-hydrogen) atoms. The number of nitrogens with one attached hydrogen (secondary N) is 1. The van der Waals surface area contributed by atoms with Crippen LogP contribution in [0.1, 0.15) is 48.9 Å². The third kappa shape index (κ3) is 5.41. The Morgan fingerprint density at radius 3 is 2.54 bits per heavy atom. The molecule has 5 rings (SSSR count). The zero-order valence-corrected chi connectivity index (χ0v) is 19.9. The predicted octanol–water partition coefficient (Wildman–Crippen LogP) is 4.32. The lowest BCUT2D eigenvalue weighted by Crippen LogP contribution is -2.40. The zero-order chi connectivity index (χ0) is 24.0. The van der Waals surface area contributed by atoms with Crippen molar-refractivity contribution in [3.05, 3.63) is 59.5 Å².